The van der Waals surface area contributed by atoms with E-state index in [1.807, 2.05) is 6.92 Å². The maximum absolute atomic E-state index is 13.1. The van der Waals surface area contributed by atoms with Crippen molar-refractivity contribution in [2.24, 2.45) is 0 Å². The maximum Gasteiger partial charge on any atom is 0.306 e. The van der Waals surface area contributed by atoms with Crippen LogP contribution in [0.15, 0.2) is 0 Å². The van der Waals surface area contributed by atoms with Crippen molar-refractivity contribution in [3.63, 3.8) is 0 Å². The van der Waals surface area contributed by atoms with Crippen LogP contribution in [-0.4, -0.2) is 102 Å². The highest BCUT2D eigenvalue weighted by molar-refractivity contribution is 5.71. The van der Waals surface area contributed by atoms with E-state index in [9.17, 15) is 34.5 Å². The second kappa shape index (κ2) is 23.9. The van der Waals surface area contributed by atoms with Crippen molar-refractivity contribution in [3.8, 4) is 0 Å². The Kier molecular flexibility index (Phi) is 21.7. The zero-order valence-electron chi connectivity index (χ0n) is 27.5. The highest BCUT2D eigenvalue weighted by Crippen LogP contribution is 2.31. The van der Waals surface area contributed by atoms with Gasteiger partial charge in [0.25, 0.3) is 0 Å². The second-order valence-corrected chi connectivity index (χ2v) is 11.5. The summed E-state index contributed by atoms with van der Waals surface area (Å²) < 4.78 is 33.7. The average molecular weight is 649 g/mol. The van der Waals surface area contributed by atoms with Gasteiger partial charge in [0.15, 0.2) is 24.6 Å². The first-order valence-corrected chi connectivity index (χ1v) is 16.5. The van der Waals surface area contributed by atoms with Crippen molar-refractivity contribution < 1.29 is 62.9 Å². The SMILES string of the molecule is CCCCCCCCCCCC(=O)O[C@@H]1[C@H](OC(=O)CCCCC)[C@H](OC[C@H](O)[C@H](O)CO)O[C@H](COC(C)=O)[C@H]1OC(C)=O. The minimum atomic E-state index is -1.54. The zero-order valence-corrected chi connectivity index (χ0v) is 27.5. The summed E-state index contributed by atoms with van der Waals surface area (Å²) in [5, 5.41) is 29.1. The third-order valence-corrected chi connectivity index (χ3v) is 7.41. The molecule has 1 saturated heterocycles. The monoisotopic (exact) mass is 648 g/mol. The lowest BCUT2D eigenvalue weighted by Gasteiger charge is -2.44. The number of carbonyl (C=O) groups is 4. The van der Waals surface area contributed by atoms with Crippen LogP contribution in [0, 0.1) is 0 Å². The summed E-state index contributed by atoms with van der Waals surface area (Å²) in [7, 11) is 0. The Morgan fingerprint density at radius 2 is 1.18 bits per heavy atom. The standard InChI is InChI=1S/C32H56O13/c1-5-7-9-10-11-12-13-14-16-18-27(38)44-30-29(42-23(4)35)26(21-40-22(3)34)43-32(41-20-25(37)24(36)19-33)31(30)45-28(39)17-15-8-6-2/h24-26,29-33,36-37H,5-21H2,1-4H3/t24-,25+,26-,29-,30+,31+,32-/m1/s1. The van der Waals surface area contributed by atoms with Crippen molar-refractivity contribution in [3.05, 3.63) is 0 Å². The van der Waals surface area contributed by atoms with Gasteiger partial charge in [-0.05, 0) is 12.8 Å². The van der Waals surface area contributed by atoms with E-state index in [1.54, 1.807) is 0 Å². The van der Waals surface area contributed by atoms with Crippen LogP contribution < -0.4 is 0 Å². The van der Waals surface area contributed by atoms with Gasteiger partial charge >= 0.3 is 23.9 Å². The van der Waals surface area contributed by atoms with E-state index >= 15 is 0 Å². The number of unbranched alkanes of at least 4 members (excludes halogenated alkanes) is 10. The van der Waals surface area contributed by atoms with Crippen molar-refractivity contribution >= 4 is 23.9 Å². The largest absolute Gasteiger partial charge is 0.463 e. The van der Waals surface area contributed by atoms with E-state index in [-0.39, 0.29) is 12.8 Å². The fourth-order valence-corrected chi connectivity index (χ4v) is 4.89. The van der Waals surface area contributed by atoms with Crippen LogP contribution in [0.2, 0.25) is 0 Å². The number of hydrogen-bond donors (Lipinski definition) is 3. The lowest BCUT2D eigenvalue weighted by atomic mass is 9.97. The third kappa shape index (κ3) is 17.2. The second-order valence-electron chi connectivity index (χ2n) is 11.5. The molecule has 45 heavy (non-hydrogen) atoms. The van der Waals surface area contributed by atoms with E-state index < -0.39 is 86.6 Å². The van der Waals surface area contributed by atoms with Gasteiger partial charge in [-0.3, -0.25) is 19.2 Å². The number of aliphatic hydroxyl groups excluding tert-OH is 3. The molecule has 13 nitrogen and oxygen atoms in total. The lowest BCUT2D eigenvalue weighted by Crippen LogP contribution is -2.63. The topological polar surface area (TPSA) is 184 Å². The van der Waals surface area contributed by atoms with E-state index in [4.69, 9.17) is 28.4 Å². The molecular formula is C32H56O13. The first-order valence-electron chi connectivity index (χ1n) is 16.5. The molecule has 7 atom stereocenters. The van der Waals surface area contributed by atoms with Crippen LogP contribution in [0.4, 0.5) is 0 Å². The molecule has 1 rings (SSSR count). The number of rotatable bonds is 24. The number of aliphatic hydroxyl groups is 3. The van der Waals surface area contributed by atoms with Gasteiger partial charge in [-0.2, -0.15) is 0 Å². The molecule has 0 saturated carbocycles. The van der Waals surface area contributed by atoms with Gasteiger partial charge in [0.05, 0.1) is 13.2 Å². The predicted molar refractivity (Wildman–Crippen MR) is 162 cm³/mol. The number of esters is 4. The normalized spacial score (nSPS) is 22.7. The molecule has 3 N–H and O–H groups in total. The Morgan fingerprint density at radius 1 is 0.667 bits per heavy atom. The van der Waals surface area contributed by atoms with Crippen molar-refractivity contribution in [2.75, 3.05) is 19.8 Å². The molecule has 1 aliphatic heterocycles. The quantitative estimate of drug-likeness (QED) is 0.0788. The van der Waals surface area contributed by atoms with Crippen LogP contribution in [0.3, 0.4) is 0 Å². The highest BCUT2D eigenvalue weighted by atomic mass is 16.7. The van der Waals surface area contributed by atoms with Crippen molar-refractivity contribution in [2.45, 2.75) is 161 Å². The molecule has 1 aliphatic rings. The van der Waals surface area contributed by atoms with Crippen LogP contribution >= 0.6 is 0 Å². The first-order chi connectivity index (χ1) is 21.5. The van der Waals surface area contributed by atoms with Gasteiger partial charge in [-0.15, -0.1) is 0 Å². The maximum atomic E-state index is 13.1. The Morgan fingerprint density at radius 3 is 1.71 bits per heavy atom. The fourth-order valence-electron chi connectivity index (χ4n) is 4.89. The molecule has 0 unspecified atom stereocenters. The molecule has 0 aromatic rings. The van der Waals surface area contributed by atoms with Crippen LogP contribution in [0.1, 0.15) is 118 Å². The highest BCUT2D eigenvalue weighted by Gasteiger charge is 2.53. The third-order valence-electron chi connectivity index (χ3n) is 7.41. The molecule has 0 aromatic heterocycles. The van der Waals surface area contributed by atoms with Gasteiger partial charge in [0, 0.05) is 26.7 Å². The molecule has 0 radical (unpaired) electrons. The number of carbonyl (C=O) groups excluding carboxylic acids is 4. The summed E-state index contributed by atoms with van der Waals surface area (Å²) in [4.78, 5) is 49.7. The minimum absolute atomic E-state index is 0.0527. The summed E-state index contributed by atoms with van der Waals surface area (Å²) in [5.41, 5.74) is 0. The van der Waals surface area contributed by atoms with E-state index in [2.05, 4.69) is 6.92 Å². The first kappa shape index (κ1) is 40.7. The minimum Gasteiger partial charge on any atom is -0.463 e. The molecule has 0 amide bonds. The smallest absolute Gasteiger partial charge is 0.306 e. The molecule has 1 fully saturated rings. The Hall–Kier alpha value is -2.32. The van der Waals surface area contributed by atoms with Crippen LogP contribution in [0.5, 0.6) is 0 Å². The Labute approximate surface area is 267 Å². The van der Waals surface area contributed by atoms with E-state index in [0.29, 0.717) is 12.8 Å². The number of hydrogen-bond acceptors (Lipinski definition) is 13. The summed E-state index contributed by atoms with van der Waals surface area (Å²) in [6, 6.07) is 0. The number of ether oxygens (including phenoxy) is 6. The van der Waals surface area contributed by atoms with Crippen LogP contribution in [-0.2, 0) is 47.6 Å². The molecule has 13 heteroatoms. The average Bonchev–Trinajstić information content (AvgIpc) is 2.99. The molecule has 0 aliphatic carbocycles. The Bertz CT molecular complexity index is 851. The molecular weight excluding hydrogens is 592 g/mol. The van der Waals surface area contributed by atoms with Gasteiger partial charge in [-0.25, -0.2) is 0 Å². The molecule has 0 spiro atoms. The summed E-state index contributed by atoms with van der Waals surface area (Å²) in [6.07, 6.45) is 1.82. The van der Waals surface area contributed by atoms with Gasteiger partial charge in [-0.1, -0.05) is 78.1 Å². The molecule has 0 aromatic carbocycles. The molecule has 0 bridgehead atoms. The molecule has 262 valence electrons. The van der Waals surface area contributed by atoms with Crippen molar-refractivity contribution in [1.29, 1.82) is 0 Å². The predicted octanol–water partition coefficient (Wildman–Crippen LogP) is 3.26. The van der Waals surface area contributed by atoms with E-state index in [1.165, 1.54) is 32.6 Å². The van der Waals surface area contributed by atoms with E-state index in [0.717, 1.165) is 45.4 Å². The Balaban J connectivity index is 3.16. The summed E-state index contributed by atoms with van der Waals surface area (Å²) in [5.74, 6) is -2.65. The van der Waals surface area contributed by atoms with Crippen LogP contribution in [0.25, 0.3) is 0 Å². The molecule has 1 heterocycles. The fraction of sp³-hybridized carbons (Fsp3) is 0.875. The van der Waals surface area contributed by atoms with Crippen molar-refractivity contribution in [1.82, 2.24) is 0 Å². The van der Waals surface area contributed by atoms with Gasteiger partial charge in [0.1, 0.15) is 24.9 Å². The van der Waals surface area contributed by atoms with Gasteiger partial charge < -0.3 is 43.7 Å². The van der Waals surface area contributed by atoms with Gasteiger partial charge in [0.2, 0.25) is 0 Å². The lowest BCUT2D eigenvalue weighted by molar-refractivity contribution is -0.312. The summed E-state index contributed by atoms with van der Waals surface area (Å²) >= 11 is 0. The summed E-state index contributed by atoms with van der Waals surface area (Å²) in [6.45, 7) is 4.75. The zero-order chi connectivity index (χ0) is 33.6.